The van der Waals surface area contributed by atoms with Crippen molar-refractivity contribution in [2.75, 3.05) is 0 Å². The van der Waals surface area contributed by atoms with E-state index in [2.05, 4.69) is 164 Å². The maximum atomic E-state index is 5.36. The van der Waals surface area contributed by atoms with E-state index >= 15 is 0 Å². The fourth-order valence-electron chi connectivity index (χ4n) is 8.71. The molecule has 5 heteroatoms. The first-order valence-electron chi connectivity index (χ1n) is 19.1. The van der Waals surface area contributed by atoms with Gasteiger partial charge in [-0.25, -0.2) is 19.9 Å². The average molecular weight is 743 g/mol. The Hall–Kier alpha value is -7.34. The van der Waals surface area contributed by atoms with Gasteiger partial charge in [-0.1, -0.05) is 158 Å². The first-order valence-corrected chi connectivity index (χ1v) is 20.0. The number of rotatable bonds is 4. The van der Waals surface area contributed by atoms with Gasteiger partial charge >= 0.3 is 0 Å². The normalized spacial score (nSPS) is 11.9. The van der Waals surface area contributed by atoms with Crippen LogP contribution in [-0.2, 0) is 0 Å². The van der Waals surface area contributed by atoms with Gasteiger partial charge in [0.1, 0.15) is 0 Å². The lowest BCUT2D eigenvalue weighted by molar-refractivity contribution is 1.08. The van der Waals surface area contributed by atoms with Crippen molar-refractivity contribution in [3.63, 3.8) is 0 Å². The quantitative estimate of drug-likeness (QED) is 0.169. The van der Waals surface area contributed by atoms with Crippen molar-refractivity contribution in [1.82, 2.24) is 19.9 Å². The molecule has 0 unspecified atom stereocenters. The molecule has 0 spiro atoms. The van der Waals surface area contributed by atoms with Crippen LogP contribution >= 0.6 is 11.3 Å². The Kier molecular flexibility index (Phi) is 7.06. The highest BCUT2D eigenvalue weighted by Gasteiger charge is 2.21. The molecule has 3 aromatic heterocycles. The van der Waals surface area contributed by atoms with E-state index in [1.807, 2.05) is 29.5 Å². The summed E-state index contributed by atoms with van der Waals surface area (Å²) in [6, 6.07) is 64.3. The first kappa shape index (κ1) is 32.0. The van der Waals surface area contributed by atoms with E-state index in [1.165, 1.54) is 57.9 Å². The molecule has 0 aliphatic heterocycles. The van der Waals surface area contributed by atoms with Crippen molar-refractivity contribution in [3.05, 3.63) is 182 Å². The van der Waals surface area contributed by atoms with Gasteiger partial charge in [-0.2, -0.15) is 0 Å². The molecule has 12 rings (SSSR count). The molecule has 264 valence electrons. The van der Waals surface area contributed by atoms with E-state index < -0.39 is 0 Å². The summed E-state index contributed by atoms with van der Waals surface area (Å²) in [4.78, 5) is 21.0. The minimum Gasteiger partial charge on any atom is -0.246 e. The maximum Gasteiger partial charge on any atom is 0.164 e. The molecule has 57 heavy (non-hydrogen) atoms. The molecule has 0 aliphatic carbocycles. The molecule has 0 saturated carbocycles. The van der Waals surface area contributed by atoms with Crippen LogP contribution in [0.5, 0.6) is 0 Å². The second-order valence-corrected chi connectivity index (χ2v) is 15.6. The monoisotopic (exact) mass is 742 g/mol. The van der Waals surface area contributed by atoms with Gasteiger partial charge in [0.05, 0.1) is 15.9 Å². The first-order chi connectivity index (χ1) is 28.3. The molecule has 0 aliphatic rings. The predicted molar refractivity (Wildman–Crippen MR) is 240 cm³/mol. The summed E-state index contributed by atoms with van der Waals surface area (Å²) in [5.41, 5.74) is 5.89. The minimum absolute atomic E-state index is 0.628. The Morgan fingerprint density at radius 2 is 0.825 bits per heavy atom. The highest BCUT2D eigenvalue weighted by Crippen LogP contribution is 2.45. The lowest BCUT2D eigenvalue weighted by atomic mass is 9.93. The van der Waals surface area contributed by atoms with Gasteiger partial charge in [0.25, 0.3) is 0 Å². The summed E-state index contributed by atoms with van der Waals surface area (Å²) < 4.78 is 2.45. The summed E-state index contributed by atoms with van der Waals surface area (Å²) >= 11 is 1.81. The largest absolute Gasteiger partial charge is 0.246 e. The summed E-state index contributed by atoms with van der Waals surface area (Å²) in [6.07, 6.45) is 0. The molecule has 12 aromatic rings. The molecule has 0 amide bonds. The Bertz CT molecular complexity index is 3560. The molecule has 0 N–H and O–H groups in total. The fraction of sp³-hybridized carbons (Fsp3) is 0. The molecule has 0 radical (unpaired) electrons. The lowest BCUT2D eigenvalue weighted by Crippen LogP contribution is -2.01. The van der Waals surface area contributed by atoms with E-state index in [4.69, 9.17) is 19.9 Å². The van der Waals surface area contributed by atoms with Crippen molar-refractivity contribution in [2.24, 2.45) is 0 Å². The van der Waals surface area contributed by atoms with Crippen LogP contribution < -0.4 is 0 Å². The van der Waals surface area contributed by atoms with Gasteiger partial charge in [-0.05, 0) is 67.4 Å². The number of fused-ring (bicyclic) bond motifs is 12. The lowest BCUT2D eigenvalue weighted by Gasteiger charge is -2.14. The van der Waals surface area contributed by atoms with Gasteiger partial charge in [0.15, 0.2) is 17.5 Å². The van der Waals surface area contributed by atoms with Gasteiger partial charge in [-0.15, -0.1) is 11.3 Å². The maximum absolute atomic E-state index is 5.36. The second kappa shape index (κ2) is 12.6. The van der Waals surface area contributed by atoms with Gasteiger partial charge in [0, 0.05) is 43.1 Å². The Morgan fingerprint density at radius 1 is 0.316 bits per heavy atom. The van der Waals surface area contributed by atoms with Crippen LogP contribution in [0, 0.1) is 0 Å². The number of aromatic nitrogens is 4. The Balaban J connectivity index is 1.09. The van der Waals surface area contributed by atoms with E-state index in [9.17, 15) is 0 Å². The number of pyridine rings is 1. The van der Waals surface area contributed by atoms with Crippen LogP contribution in [0.4, 0.5) is 0 Å². The summed E-state index contributed by atoms with van der Waals surface area (Å²) in [6.45, 7) is 0. The van der Waals surface area contributed by atoms with Crippen molar-refractivity contribution >= 4 is 85.5 Å². The number of nitrogens with zero attached hydrogens (tertiary/aromatic N) is 4. The third-order valence-electron chi connectivity index (χ3n) is 11.3. The van der Waals surface area contributed by atoms with Gasteiger partial charge in [0.2, 0.25) is 0 Å². The highest BCUT2D eigenvalue weighted by molar-refractivity contribution is 7.26. The van der Waals surface area contributed by atoms with Crippen molar-refractivity contribution in [2.45, 2.75) is 0 Å². The van der Waals surface area contributed by atoms with Crippen LogP contribution in [0.1, 0.15) is 0 Å². The number of benzene rings is 9. The van der Waals surface area contributed by atoms with Gasteiger partial charge < -0.3 is 0 Å². The molecule has 4 nitrogen and oxygen atoms in total. The van der Waals surface area contributed by atoms with E-state index in [1.54, 1.807) is 0 Å². The molecule has 0 fully saturated rings. The molecule has 0 bridgehead atoms. The third-order valence-corrected chi connectivity index (χ3v) is 12.5. The zero-order chi connectivity index (χ0) is 37.5. The van der Waals surface area contributed by atoms with Crippen molar-refractivity contribution < 1.29 is 0 Å². The summed E-state index contributed by atoms with van der Waals surface area (Å²) in [5.74, 6) is 1.90. The molecule has 0 saturated heterocycles. The zero-order valence-corrected chi connectivity index (χ0v) is 31.3. The number of para-hydroxylation sites is 1. The zero-order valence-electron chi connectivity index (χ0n) is 30.5. The van der Waals surface area contributed by atoms with Crippen LogP contribution in [0.2, 0.25) is 0 Å². The van der Waals surface area contributed by atoms with Crippen molar-refractivity contribution in [1.29, 1.82) is 0 Å². The standard InChI is InChI=1S/C52H30N4S/c1-2-14-31(15-3-1)50-54-51(32-26-27-39-35-18-5-4-16-33(35)34-17-6-9-21-38(34)44(39)30-32)56-52(55-50)41-29-28-40(36-19-7-8-20-37(36)41)48-49-47(42-22-10-12-24-45(42)53-48)43-23-11-13-25-46(43)57-49/h1-30H. The smallest absolute Gasteiger partial charge is 0.164 e. The molecule has 3 heterocycles. The molecule has 0 atom stereocenters. The molecule has 9 aromatic carbocycles. The number of hydrogen-bond acceptors (Lipinski definition) is 5. The Labute approximate surface area is 331 Å². The van der Waals surface area contributed by atoms with E-state index in [0.717, 1.165) is 44.2 Å². The topological polar surface area (TPSA) is 51.6 Å². The third kappa shape index (κ3) is 4.99. The SMILES string of the molecule is c1ccc(-c2nc(-c3ccc4c5ccccc5c5ccccc5c4c3)nc(-c3ccc(-c4nc5ccccc5c5c4sc4ccccc45)c4ccccc34)n2)cc1. The number of thiophene rings is 1. The summed E-state index contributed by atoms with van der Waals surface area (Å²) in [7, 11) is 0. The fourth-order valence-corrected chi connectivity index (χ4v) is 9.93. The van der Waals surface area contributed by atoms with Crippen LogP contribution in [0.25, 0.3) is 120 Å². The minimum atomic E-state index is 0.628. The number of hydrogen-bond donors (Lipinski definition) is 0. The predicted octanol–water partition coefficient (Wildman–Crippen LogP) is 14.1. The van der Waals surface area contributed by atoms with E-state index in [0.29, 0.717) is 17.5 Å². The summed E-state index contributed by atoms with van der Waals surface area (Å²) in [5, 5.41) is 13.2. The van der Waals surface area contributed by atoms with Crippen molar-refractivity contribution in [3.8, 4) is 45.4 Å². The molecular weight excluding hydrogens is 713 g/mol. The average Bonchev–Trinajstić information content (AvgIpc) is 3.69. The van der Waals surface area contributed by atoms with Gasteiger partial charge in [-0.3, -0.25) is 0 Å². The molecular formula is C52H30N4S. The second-order valence-electron chi connectivity index (χ2n) is 14.5. The van der Waals surface area contributed by atoms with Crippen LogP contribution in [-0.4, -0.2) is 19.9 Å². The van der Waals surface area contributed by atoms with Crippen LogP contribution in [0.3, 0.4) is 0 Å². The van der Waals surface area contributed by atoms with Crippen LogP contribution in [0.15, 0.2) is 182 Å². The van der Waals surface area contributed by atoms with E-state index in [-0.39, 0.29) is 0 Å². The Morgan fingerprint density at radius 3 is 1.54 bits per heavy atom. The highest BCUT2D eigenvalue weighted by atomic mass is 32.1.